The zero-order chi connectivity index (χ0) is 9.26. The number of nitrogens with two attached hydrogens (primary N) is 1. The molecule has 2 rings (SSSR count). The number of nitrogens with one attached hydrogen (secondary N) is 1. The van der Waals surface area contributed by atoms with E-state index in [1.165, 1.54) is 6.07 Å². The van der Waals surface area contributed by atoms with Crippen molar-refractivity contribution in [2.24, 2.45) is 5.84 Å². The third-order valence-electron chi connectivity index (χ3n) is 1.82. The smallest absolute Gasteiger partial charge is 0.213 e. The summed E-state index contributed by atoms with van der Waals surface area (Å²) < 4.78 is 12.7. The van der Waals surface area contributed by atoms with Gasteiger partial charge >= 0.3 is 0 Å². The van der Waals surface area contributed by atoms with Crippen molar-refractivity contribution in [3.05, 3.63) is 36.3 Å². The predicted molar refractivity (Wildman–Crippen MR) is 49.5 cm³/mol. The molecule has 0 aliphatic rings. The predicted octanol–water partition coefficient (Wildman–Crippen LogP) is 1.66. The van der Waals surface area contributed by atoms with Crippen molar-refractivity contribution in [2.45, 2.75) is 0 Å². The van der Waals surface area contributed by atoms with Gasteiger partial charge in [0, 0.05) is 11.1 Å². The normalized spacial score (nSPS) is 10.3. The molecule has 0 radical (unpaired) electrons. The fourth-order valence-electron chi connectivity index (χ4n) is 1.19. The molecule has 0 unspecified atom stereocenters. The van der Waals surface area contributed by atoms with Crippen LogP contribution >= 0.6 is 0 Å². The molecule has 0 aliphatic heterocycles. The highest BCUT2D eigenvalue weighted by atomic mass is 19.1. The molecule has 1 aromatic carbocycles. The fourth-order valence-corrected chi connectivity index (χ4v) is 1.19. The number of fused-ring (bicyclic) bond motifs is 1. The molecular formula is C9H8FN3. The molecule has 0 fully saturated rings. The Morgan fingerprint density at radius 2 is 2.08 bits per heavy atom. The van der Waals surface area contributed by atoms with E-state index in [0.29, 0.717) is 5.52 Å². The van der Waals surface area contributed by atoms with Crippen LogP contribution in [-0.4, -0.2) is 4.98 Å². The van der Waals surface area contributed by atoms with Gasteiger partial charge in [0.15, 0.2) is 0 Å². The topological polar surface area (TPSA) is 50.9 Å². The van der Waals surface area contributed by atoms with E-state index in [-0.39, 0.29) is 0 Å². The summed E-state index contributed by atoms with van der Waals surface area (Å²) in [6.07, 6.45) is 0. The second-order valence-electron chi connectivity index (χ2n) is 2.69. The molecule has 1 heterocycles. The molecule has 0 atom stereocenters. The number of halogens is 1. The van der Waals surface area contributed by atoms with Gasteiger partial charge < -0.3 is 5.43 Å². The maximum Gasteiger partial charge on any atom is 0.213 e. The highest BCUT2D eigenvalue weighted by Crippen LogP contribution is 2.16. The van der Waals surface area contributed by atoms with Gasteiger partial charge in [-0.25, -0.2) is 4.98 Å². The molecule has 2 aromatic rings. The number of nitrogen functional groups attached to an aromatic ring is 1. The summed E-state index contributed by atoms with van der Waals surface area (Å²) >= 11 is 0. The molecule has 0 aliphatic carbocycles. The molecule has 13 heavy (non-hydrogen) atoms. The maximum atomic E-state index is 12.7. The van der Waals surface area contributed by atoms with Crippen LogP contribution in [-0.2, 0) is 0 Å². The van der Waals surface area contributed by atoms with Crippen LogP contribution < -0.4 is 11.3 Å². The van der Waals surface area contributed by atoms with Crippen molar-refractivity contribution in [1.82, 2.24) is 4.98 Å². The zero-order valence-electron chi connectivity index (χ0n) is 6.79. The van der Waals surface area contributed by atoms with Crippen LogP contribution in [0.3, 0.4) is 0 Å². The standard InChI is InChI=1S/C9H8FN3/c10-9-4-1-6-5-7(13-11)2-3-8(6)12-9/h1-5,13H,11H2. The molecule has 4 heteroatoms. The second kappa shape index (κ2) is 2.99. The Labute approximate surface area is 74.4 Å². The van der Waals surface area contributed by atoms with Crippen LogP contribution in [0.4, 0.5) is 10.1 Å². The lowest BCUT2D eigenvalue weighted by Crippen LogP contribution is -2.06. The van der Waals surface area contributed by atoms with Gasteiger partial charge in [-0.1, -0.05) is 0 Å². The zero-order valence-corrected chi connectivity index (χ0v) is 6.79. The minimum absolute atomic E-state index is 0.471. The van der Waals surface area contributed by atoms with Crippen LogP contribution in [0.1, 0.15) is 0 Å². The van der Waals surface area contributed by atoms with E-state index in [9.17, 15) is 4.39 Å². The lowest BCUT2D eigenvalue weighted by Gasteiger charge is -2.01. The molecule has 66 valence electrons. The van der Waals surface area contributed by atoms with E-state index in [1.807, 2.05) is 6.07 Å². The second-order valence-corrected chi connectivity index (χ2v) is 2.69. The molecule has 0 saturated carbocycles. The number of hydrogen-bond acceptors (Lipinski definition) is 3. The van der Waals surface area contributed by atoms with Crippen LogP contribution in [0.25, 0.3) is 10.9 Å². The van der Waals surface area contributed by atoms with Gasteiger partial charge in [0.1, 0.15) is 0 Å². The van der Waals surface area contributed by atoms with E-state index < -0.39 is 5.95 Å². The quantitative estimate of drug-likeness (QED) is 0.395. The Morgan fingerprint density at radius 3 is 2.85 bits per heavy atom. The van der Waals surface area contributed by atoms with Gasteiger partial charge in [-0.2, -0.15) is 4.39 Å². The van der Waals surface area contributed by atoms with Crippen molar-refractivity contribution in [1.29, 1.82) is 0 Å². The van der Waals surface area contributed by atoms with Crippen LogP contribution in [0.15, 0.2) is 30.3 Å². The van der Waals surface area contributed by atoms with Crippen molar-refractivity contribution >= 4 is 16.6 Å². The summed E-state index contributed by atoms with van der Waals surface area (Å²) in [7, 11) is 0. The highest BCUT2D eigenvalue weighted by molar-refractivity contribution is 5.82. The molecule has 0 spiro atoms. The van der Waals surface area contributed by atoms with E-state index in [4.69, 9.17) is 5.84 Å². The third-order valence-corrected chi connectivity index (χ3v) is 1.82. The molecule has 0 saturated heterocycles. The number of hydrazine groups is 1. The maximum absolute atomic E-state index is 12.7. The number of pyridine rings is 1. The molecule has 1 aromatic heterocycles. The van der Waals surface area contributed by atoms with Crippen LogP contribution in [0, 0.1) is 5.95 Å². The Bertz CT molecular complexity index is 442. The Morgan fingerprint density at radius 1 is 1.23 bits per heavy atom. The lowest BCUT2D eigenvalue weighted by atomic mass is 10.2. The van der Waals surface area contributed by atoms with Gasteiger partial charge in [-0.05, 0) is 30.3 Å². The van der Waals surface area contributed by atoms with Gasteiger partial charge in [0.2, 0.25) is 5.95 Å². The summed E-state index contributed by atoms with van der Waals surface area (Å²) in [6, 6.07) is 8.26. The molecule has 3 nitrogen and oxygen atoms in total. The van der Waals surface area contributed by atoms with Gasteiger partial charge in [-0.3, -0.25) is 5.84 Å². The number of nitrogens with zero attached hydrogens (tertiary/aromatic N) is 1. The summed E-state index contributed by atoms with van der Waals surface area (Å²) in [5.74, 6) is 4.75. The molecule has 0 bridgehead atoms. The van der Waals surface area contributed by atoms with Crippen LogP contribution in [0.5, 0.6) is 0 Å². The van der Waals surface area contributed by atoms with Gasteiger partial charge in [0.25, 0.3) is 0 Å². The average molecular weight is 177 g/mol. The largest absolute Gasteiger partial charge is 0.324 e. The van der Waals surface area contributed by atoms with Crippen molar-refractivity contribution in [3.8, 4) is 0 Å². The Balaban J connectivity index is 2.66. The molecule has 3 N–H and O–H groups in total. The van der Waals surface area contributed by atoms with Gasteiger partial charge in [-0.15, -0.1) is 0 Å². The monoisotopic (exact) mass is 177 g/mol. The fraction of sp³-hybridized carbons (Fsp3) is 0. The first-order valence-corrected chi connectivity index (χ1v) is 3.82. The number of aromatic nitrogens is 1. The number of hydrogen-bond donors (Lipinski definition) is 2. The van der Waals surface area contributed by atoms with Crippen LogP contribution in [0.2, 0.25) is 0 Å². The van der Waals surface area contributed by atoms with E-state index in [1.54, 1.807) is 18.2 Å². The number of benzene rings is 1. The van der Waals surface area contributed by atoms with Crippen molar-refractivity contribution < 1.29 is 4.39 Å². The van der Waals surface area contributed by atoms with Crippen molar-refractivity contribution in [2.75, 3.05) is 5.43 Å². The average Bonchev–Trinajstić information content (AvgIpc) is 2.17. The molecular weight excluding hydrogens is 169 g/mol. The minimum Gasteiger partial charge on any atom is -0.324 e. The summed E-state index contributed by atoms with van der Waals surface area (Å²) in [5.41, 5.74) is 3.91. The van der Waals surface area contributed by atoms with Crippen molar-refractivity contribution in [3.63, 3.8) is 0 Å². The Kier molecular flexibility index (Phi) is 1.83. The van der Waals surface area contributed by atoms with Gasteiger partial charge in [0.05, 0.1) is 5.52 Å². The first-order valence-electron chi connectivity index (χ1n) is 3.82. The van der Waals surface area contributed by atoms with E-state index >= 15 is 0 Å². The SMILES string of the molecule is NNc1ccc2nc(F)ccc2c1. The summed E-state index contributed by atoms with van der Waals surface area (Å²) in [4.78, 5) is 3.72. The number of anilines is 1. The van der Waals surface area contributed by atoms with E-state index in [2.05, 4.69) is 10.4 Å². The highest BCUT2D eigenvalue weighted by Gasteiger charge is 1.97. The third kappa shape index (κ3) is 1.43. The summed E-state index contributed by atoms with van der Waals surface area (Å²) in [6.45, 7) is 0. The number of rotatable bonds is 1. The molecule has 0 amide bonds. The first kappa shape index (κ1) is 7.94. The Hall–Kier alpha value is -1.68. The summed E-state index contributed by atoms with van der Waals surface area (Å²) in [5, 5.41) is 0.858. The lowest BCUT2D eigenvalue weighted by molar-refractivity contribution is 0.589. The minimum atomic E-state index is -0.471. The van der Waals surface area contributed by atoms with E-state index in [0.717, 1.165) is 11.1 Å². The first-order chi connectivity index (χ1) is 6.29.